The van der Waals surface area contributed by atoms with Crippen LogP contribution in [0.2, 0.25) is 0 Å². The Balaban J connectivity index is 2.66. The minimum atomic E-state index is -0.558. The van der Waals surface area contributed by atoms with Gasteiger partial charge in [-0.15, -0.1) is 0 Å². The Bertz CT molecular complexity index is 256. The lowest BCUT2D eigenvalue weighted by Crippen LogP contribution is -2.07. The third kappa shape index (κ3) is 3.62. The van der Waals surface area contributed by atoms with Gasteiger partial charge in [0.2, 0.25) is 0 Å². The van der Waals surface area contributed by atoms with E-state index >= 15 is 0 Å². The topological polar surface area (TPSA) is 40.5 Å². The third-order valence-corrected chi connectivity index (χ3v) is 2.54. The molecule has 0 heterocycles. The minimum absolute atomic E-state index is 0.389. The van der Waals surface area contributed by atoms with Crippen LogP contribution in [-0.2, 0) is 0 Å². The minimum Gasteiger partial charge on any atom is -0.393 e. The number of halogens is 1. The maximum absolute atomic E-state index is 9.62. The number of aliphatic hydroxyl groups is 2. The largest absolute Gasteiger partial charge is 0.393 e. The van der Waals surface area contributed by atoms with Crippen molar-refractivity contribution in [1.29, 1.82) is 0 Å². The summed E-state index contributed by atoms with van der Waals surface area (Å²) in [6.45, 7) is 1.68. The summed E-state index contributed by atoms with van der Waals surface area (Å²) in [6, 6.07) is 7.66. The third-order valence-electron chi connectivity index (χ3n) is 1.82. The fourth-order valence-corrected chi connectivity index (χ4v) is 1.50. The van der Waals surface area contributed by atoms with E-state index in [0.717, 1.165) is 9.13 Å². The molecule has 0 radical (unpaired) electrons. The van der Waals surface area contributed by atoms with E-state index in [0.29, 0.717) is 6.42 Å². The Labute approximate surface area is 91.7 Å². The fourth-order valence-electron chi connectivity index (χ4n) is 1.14. The molecule has 0 spiro atoms. The maximum atomic E-state index is 9.62. The van der Waals surface area contributed by atoms with E-state index in [9.17, 15) is 5.11 Å². The highest BCUT2D eigenvalue weighted by Crippen LogP contribution is 2.19. The van der Waals surface area contributed by atoms with Crippen LogP contribution in [0.3, 0.4) is 0 Å². The van der Waals surface area contributed by atoms with Gasteiger partial charge in [0.1, 0.15) is 0 Å². The number of hydrogen-bond donors (Lipinski definition) is 2. The zero-order valence-corrected chi connectivity index (χ0v) is 9.60. The Kier molecular flexibility index (Phi) is 4.15. The van der Waals surface area contributed by atoms with Crippen molar-refractivity contribution in [2.45, 2.75) is 25.6 Å². The zero-order chi connectivity index (χ0) is 9.84. The molecular formula is C10H13IO2. The van der Waals surface area contributed by atoms with E-state index in [-0.39, 0.29) is 0 Å². The van der Waals surface area contributed by atoms with Gasteiger partial charge in [-0.2, -0.15) is 0 Å². The van der Waals surface area contributed by atoms with E-state index < -0.39 is 12.2 Å². The molecule has 0 aromatic heterocycles. The summed E-state index contributed by atoms with van der Waals surface area (Å²) >= 11 is 2.21. The molecule has 0 aliphatic rings. The summed E-state index contributed by atoms with van der Waals surface area (Å²) in [7, 11) is 0. The molecule has 0 fully saturated rings. The fraction of sp³-hybridized carbons (Fsp3) is 0.400. The molecule has 0 aliphatic carbocycles. The molecule has 2 N–H and O–H groups in total. The molecule has 13 heavy (non-hydrogen) atoms. The van der Waals surface area contributed by atoms with Crippen molar-refractivity contribution in [1.82, 2.24) is 0 Å². The van der Waals surface area contributed by atoms with Gasteiger partial charge in [-0.1, -0.05) is 12.1 Å². The molecular weight excluding hydrogens is 279 g/mol. The molecule has 3 heteroatoms. The number of aliphatic hydroxyl groups excluding tert-OH is 2. The summed E-state index contributed by atoms with van der Waals surface area (Å²) in [5.74, 6) is 0. The molecule has 0 amide bonds. The molecule has 0 saturated heterocycles. The molecule has 2 nitrogen and oxygen atoms in total. The first-order valence-electron chi connectivity index (χ1n) is 4.21. The van der Waals surface area contributed by atoms with E-state index in [1.54, 1.807) is 6.92 Å². The molecule has 0 saturated carbocycles. The molecule has 1 aromatic carbocycles. The predicted molar refractivity (Wildman–Crippen MR) is 60.4 cm³/mol. The Morgan fingerprint density at radius 1 is 1.23 bits per heavy atom. The van der Waals surface area contributed by atoms with Crippen molar-refractivity contribution in [2.75, 3.05) is 0 Å². The second-order valence-electron chi connectivity index (χ2n) is 3.15. The first kappa shape index (κ1) is 10.9. The summed E-state index contributed by atoms with van der Waals surface area (Å²) < 4.78 is 1.14. The first-order valence-corrected chi connectivity index (χ1v) is 5.29. The van der Waals surface area contributed by atoms with Gasteiger partial charge in [0, 0.05) is 9.99 Å². The Hall–Kier alpha value is -0.130. The van der Waals surface area contributed by atoms with Crippen LogP contribution < -0.4 is 0 Å². The van der Waals surface area contributed by atoms with E-state index in [1.165, 1.54) is 0 Å². The van der Waals surface area contributed by atoms with Crippen LogP contribution in [0.1, 0.15) is 25.0 Å². The monoisotopic (exact) mass is 292 g/mol. The molecule has 0 bridgehead atoms. The van der Waals surface area contributed by atoms with Crippen molar-refractivity contribution in [3.63, 3.8) is 0 Å². The molecule has 72 valence electrons. The van der Waals surface area contributed by atoms with Crippen LogP contribution in [0.4, 0.5) is 0 Å². The van der Waals surface area contributed by atoms with E-state index in [2.05, 4.69) is 22.6 Å². The predicted octanol–water partition coefficient (Wildman–Crippen LogP) is 2.10. The standard InChI is InChI=1S/C10H13IO2/c1-7(12)6-10(13)8-2-4-9(11)5-3-8/h2-5,7,10,12-13H,6H2,1H3/t7-,10-/m0/s1. The highest BCUT2D eigenvalue weighted by molar-refractivity contribution is 14.1. The molecule has 2 atom stereocenters. The normalized spacial score (nSPS) is 15.4. The van der Waals surface area contributed by atoms with Gasteiger partial charge in [-0.25, -0.2) is 0 Å². The molecule has 1 rings (SSSR count). The van der Waals surface area contributed by atoms with Crippen molar-refractivity contribution in [3.05, 3.63) is 33.4 Å². The van der Waals surface area contributed by atoms with Gasteiger partial charge >= 0.3 is 0 Å². The van der Waals surface area contributed by atoms with E-state index in [4.69, 9.17) is 5.11 Å². The van der Waals surface area contributed by atoms with Crippen LogP contribution in [-0.4, -0.2) is 16.3 Å². The van der Waals surface area contributed by atoms with Crippen LogP contribution >= 0.6 is 22.6 Å². The van der Waals surface area contributed by atoms with Gasteiger partial charge in [0.25, 0.3) is 0 Å². The highest BCUT2D eigenvalue weighted by Gasteiger charge is 2.09. The number of hydrogen-bond acceptors (Lipinski definition) is 2. The van der Waals surface area contributed by atoms with Crippen LogP contribution in [0.5, 0.6) is 0 Å². The Morgan fingerprint density at radius 3 is 2.23 bits per heavy atom. The molecule has 1 aromatic rings. The average Bonchev–Trinajstić information content (AvgIpc) is 2.04. The molecule has 0 aliphatic heterocycles. The lowest BCUT2D eigenvalue weighted by molar-refractivity contribution is 0.0907. The summed E-state index contributed by atoms with van der Waals surface area (Å²) in [6.07, 6.45) is -0.632. The van der Waals surface area contributed by atoms with Crippen LogP contribution in [0.25, 0.3) is 0 Å². The smallest absolute Gasteiger partial charge is 0.0814 e. The zero-order valence-electron chi connectivity index (χ0n) is 7.44. The quantitative estimate of drug-likeness (QED) is 0.838. The summed E-state index contributed by atoms with van der Waals surface area (Å²) in [4.78, 5) is 0. The average molecular weight is 292 g/mol. The molecule has 0 unspecified atom stereocenters. The van der Waals surface area contributed by atoms with Gasteiger partial charge in [0.05, 0.1) is 12.2 Å². The lowest BCUT2D eigenvalue weighted by atomic mass is 10.0. The van der Waals surface area contributed by atoms with Gasteiger partial charge in [-0.3, -0.25) is 0 Å². The van der Waals surface area contributed by atoms with Gasteiger partial charge in [-0.05, 0) is 47.2 Å². The van der Waals surface area contributed by atoms with Crippen molar-refractivity contribution in [3.8, 4) is 0 Å². The van der Waals surface area contributed by atoms with Gasteiger partial charge < -0.3 is 10.2 Å². The second-order valence-corrected chi connectivity index (χ2v) is 4.40. The van der Waals surface area contributed by atoms with E-state index in [1.807, 2.05) is 24.3 Å². The van der Waals surface area contributed by atoms with Crippen LogP contribution in [0, 0.1) is 3.57 Å². The lowest BCUT2D eigenvalue weighted by Gasteiger charge is -2.12. The summed E-state index contributed by atoms with van der Waals surface area (Å²) in [5.41, 5.74) is 0.862. The SMILES string of the molecule is C[C@H](O)C[C@H](O)c1ccc(I)cc1. The van der Waals surface area contributed by atoms with Crippen molar-refractivity contribution in [2.24, 2.45) is 0 Å². The van der Waals surface area contributed by atoms with Crippen molar-refractivity contribution >= 4 is 22.6 Å². The Morgan fingerprint density at radius 2 is 1.77 bits per heavy atom. The maximum Gasteiger partial charge on any atom is 0.0814 e. The highest BCUT2D eigenvalue weighted by atomic mass is 127. The van der Waals surface area contributed by atoms with Crippen LogP contribution in [0.15, 0.2) is 24.3 Å². The van der Waals surface area contributed by atoms with Gasteiger partial charge in [0.15, 0.2) is 0 Å². The van der Waals surface area contributed by atoms with Crippen molar-refractivity contribution < 1.29 is 10.2 Å². The number of benzene rings is 1. The first-order chi connectivity index (χ1) is 6.09. The number of rotatable bonds is 3. The summed E-state index contributed by atoms with van der Waals surface area (Å²) in [5, 5.41) is 18.7. The second kappa shape index (κ2) is 4.93.